The third kappa shape index (κ3) is 3.04. The van der Waals surface area contributed by atoms with E-state index in [1.54, 1.807) is 26.6 Å². The van der Waals surface area contributed by atoms with Crippen LogP contribution in [0.25, 0.3) is 22.2 Å². The van der Waals surface area contributed by atoms with Crippen LogP contribution in [0.2, 0.25) is 0 Å². The first-order valence-electron chi connectivity index (χ1n) is 8.16. The second-order valence-corrected chi connectivity index (χ2v) is 5.75. The molecule has 2 heterocycles. The highest BCUT2D eigenvalue weighted by molar-refractivity contribution is 5.82. The van der Waals surface area contributed by atoms with Crippen LogP contribution in [0, 0.1) is 0 Å². The van der Waals surface area contributed by atoms with E-state index in [1.807, 2.05) is 36.4 Å². The van der Waals surface area contributed by atoms with Gasteiger partial charge in [0.2, 0.25) is 5.95 Å². The average molecular weight is 346 g/mol. The number of hydrogen-bond acceptors (Lipinski definition) is 5. The first kappa shape index (κ1) is 16.0. The first-order valence-corrected chi connectivity index (χ1v) is 8.16. The Bertz CT molecular complexity index is 986. The predicted octanol–water partition coefficient (Wildman–Crippen LogP) is 4.39. The molecular weight excluding hydrogens is 328 g/mol. The fraction of sp³-hybridized carbons (Fsp3) is 0.100. The predicted molar refractivity (Wildman–Crippen MR) is 102 cm³/mol. The molecule has 0 aliphatic heterocycles. The zero-order valence-electron chi connectivity index (χ0n) is 14.5. The normalized spacial score (nSPS) is 10.7. The number of aromatic amines is 1. The first-order chi connectivity index (χ1) is 12.8. The van der Waals surface area contributed by atoms with Gasteiger partial charge in [0, 0.05) is 30.2 Å². The lowest BCUT2D eigenvalue weighted by Crippen LogP contribution is -1.91. The molecule has 0 fully saturated rings. The van der Waals surface area contributed by atoms with E-state index in [0.29, 0.717) is 17.4 Å². The van der Waals surface area contributed by atoms with Crippen LogP contribution in [0.15, 0.2) is 60.9 Å². The van der Waals surface area contributed by atoms with Gasteiger partial charge < -0.3 is 19.8 Å². The summed E-state index contributed by atoms with van der Waals surface area (Å²) in [5.41, 5.74) is 4.89. The molecule has 0 saturated heterocycles. The van der Waals surface area contributed by atoms with Crippen molar-refractivity contribution in [3.8, 4) is 22.6 Å². The van der Waals surface area contributed by atoms with Gasteiger partial charge >= 0.3 is 0 Å². The Morgan fingerprint density at radius 2 is 1.50 bits per heavy atom. The van der Waals surface area contributed by atoms with Crippen LogP contribution in [0.1, 0.15) is 0 Å². The number of benzene rings is 2. The van der Waals surface area contributed by atoms with Crippen molar-refractivity contribution in [2.45, 2.75) is 0 Å². The molecule has 0 aliphatic rings. The van der Waals surface area contributed by atoms with E-state index in [-0.39, 0.29) is 0 Å². The Balaban J connectivity index is 1.59. The molecule has 2 aromatic heterocycles. The number of H-pyrrole nitrogens is 1. The summed E-state index contributed by atoms with van der Waals surface area (Å²) in [6.07, 6.45) is 3.58. The number of aromatic nitrogens is 3. The molecule has 6 heteroatoms. The Kier molecular flexibility index (Phi) is 4.15. The zero-order valence-corrected chi connectivity index (χ0v) is 14.5. The molecule has 0 saturated carbocycles. The van der Waals surface area contributed by atoms with Crippen molar-refractivity contribution in [3.05, 3.63) is 60.9 Å². The molecule has 2 N–H and O–H groups in total. The van der Waals surface area contributed by atoms with E-state index < -0.39 is 0 Å². The van der Waals surface area contributed by atoms with Gasteiger partial charge in [-0.15, -0.1) is 0 Å². The van der Waals surface area contributed by atoms with Gasteiger partial charge in [-0.3, -0.25) is 4.98 Å². The van der Waals surface area contributed by atoms with Gasteiger partial charge in [0.1, 0.15) is 0 Å². The van der Waals surface area contributed by atoms with Crippen molar-refractivity contribution in [1.29, 1.82) is 0 Å². The van der Waals surface area contributed by atoms with Crippen molar-refractivity contribution in [2.24, 2.45) is 0 Å². The van der Waals surface area contributed by atoms with Crippen LogP contribution in [0.5, 0.6) is 11.5 Å². The molecule has 26 heavy (non-hydrogen) atoms. The Labute approximate surface area is 150 Å². The number of anilines is 2. The highest BCUT2D eigenvalue weighted by Gasteiger charge is 2.10. The fourth-order valence-electron chi connectivity index (χ4n) is 2.82. The lowest BCUT2D eigenvalue weighted by atomic mass is 10.1. The summed E-state index contributed by atoms with van der Waals surface area (Å²) >= 11 is 0. The Hall–Kier alpha value is -3.54. The summed E-state index contributed by atoms with van der Waals surface area (Å²) < 4.78 is 10.7. The minimum atomic E-state index is 0.653. The molecule has 0 radical (unpaired) electrons. The number of pyridine rings is 1. The topological polar surface area (TPSA) is 72.1 Å². The number of nitrogens with one attached hydrogen (secondary N) is 2. The van der Waals surface area contributed by atoms with Crippen LogP contribution >= 0.6 is 0 Å². The van der Waals surface area contributed by atoms with Crippen molar-refractivity contribution in [1.82, 2.24) is 15.0 Å². The van der Waals surface area contributed by atoms with Crippen LogP contribution < -0.4 is 14.8 Å². The highest BCUT2D eigenvalue weighted by Crippen LogP contribution is 2.32. The zero-order chi connectivity index (χ0) is 17.9. The molecule has 130 valence electrons. The summed E-state index contributed by atoms with van der Waals surface area (Å²) in [6, 6.07) is 15.9. The number of nitrogens with zero attached hydrogens (tertiary/aromatic N) is 2. The molecule has 4 aromatic rings. The van der Waals surface area contributed by atoms with E-state index in [4.69, 9.17) is 9.47 Å². The third-order valence-corrected chi connectivity index (χ3v) is 4.15. The summed E-state index contributed by atoms with van der Waals surface area (Å²) in [4.78, 5) is 11.9. The fourth-order valence-corrected chi connectivity index (χ4v) is 2.82. The second kappa shape index (κ2) is 6.76. The number of hydrogen-bond donors (Lipinski definition) is 2. The maximum Gasteiger partial charge on any atom is 0.205 e. The molecule has 2 aromatic carbocycles. The van der Waals surface area contributed by atoms with Crippen LogP contribution in [0.3, 0.4) is 0 Å². The number of fused-ring (bicyclic) bond motifs is 1. The summed E-state index contributed by atoms with van der Waals surface area (Å²) in [5, 5.41) is 3.29. The van der Waals surface area contributed by atoms with Crippen molar-refractivity contribution < 1.29 is 9.47 Å². The van der Waals surface area contributed by atoms with Crippen molar-refractivity contribution in [2.75, 3.05) is 19.5 Å². The van der Waals surface area contributed by atoms with Gasteiger partial charge in [0.15, 0.2) is 11.5 Å². The summed E-state index contributed by atoms with van der Waals surface area (Å²) in [5.74, 6) is 1.98. The maximum atomic E-state index is 5.33. The van der Waals surface area contributed by atoms with Gasteiger partial charge in [0.25, 0.3) is 0 Å². The van der Waals surface area contributed by atoms with Gasteiger partial charge in [-0.05, 0) is 35.4 Å². The average Bonchev–Trinajstić information content (AvgIpc) is 3.09. The largest absolute Gasteiger partial charge is 0.493 e. The molecule has 0 amide bonds. The van der Waals surface area contributed by atoms with E-state index in [0.717, 1.165) is 27.8 Å². The van der Waals surface area contributed by atoms with Crippen molar-refractivity contribution >= 4 is 22.7 Å². The molecule has 0 unspecified atom stereocenters. The molecule has 0 atom stereocenters. The van der Waals surface area contributed by atoms with E-state index in [1.165, 1.54) is 0 Å². The minimum Gasteiger partial charge on any atom is -0.493 e. The minimum absolute atomic E-state index is 0.653. The Morgan fingerprint density at radius 3 is 2.19 bits per heavy atom. The highest BCUT2D eigenvalue weighted by atomic mass is 16.5. The summed E-state index contributed by atoms with van der Waals surface area (Å²) in [7, 11) is 3.23. The molecule has 0 bridgehead atoms. The van der Waals surface area contributed by atoms with Gasteiger partial charge in [-0.1, -0.05) is 12.1 Å². The van der Waals surface area contributed by atoms with Gasteiger partial charge in [-0.25, -0.2) is 4.98 Å². The molecule has 0 spiro atoms. The lowest BCUT2D eigenvalue weighted by Gasteiger charge is -2.06. The molecule has 0 aliphatic carbocycles. The lowest BCUT2D eigenvalue weighted by molar-refractivity contribution is 0.356. The molecular formula is C20H18N4O2. The Morgan fingerprint density at radius 1 is 0.846 bits per heavy atom. The van der Waals surface area contributed by atoms with E-state index in [9.17, 15) is 0 Å². The SMILES string of the molecule is COc1cc2nc(Nc3ccc(-c4ccncc4)cc3)[nH]c2cc1OC. The van der Waals surface area contributed by atoms with E-state index in [2.05, 4.69) is 32.4 Å². The second-order valence-electron chi connectivity index (χ2n) is 5.75. The van der Waals surface area contributed by atoms with Crippen LogP contribution in [-0.4, -0.2) is 29.2 Å². The van der Waals surface area contributed by atoms with E-state index >= 15 is 0 Å². The number of ether oxygens (including phenoxy) is 2. The van der Waals surface area contributed by atoms with Crippen LogP contribution in [-0.2, 0) is 0 Å². The number of imidazole rings is 1. The third-order valence-electron chi connectivity index (χ3n) is 4.15. The molecule has 6 nitrogen and oxygen atoms in total. The van der Waals surface area contributed by atoms with Gasteiger partial charge in [0.05, 0.1) is 25.3 Å². The smallest absolute Gasteiger partial charge is 0.205 e. The monoisotopic (exact) mass is 346 g/mol. The molecule has 4 rings (SSSR count). The number of methoxy groups -OCH3 is 2. The van der Waals surface area contributed by atoms with Crippen LogP contribution in [0.4, 0.5) is 11.6 Å². The van der Waals surface area contributed by atoms with Gasteiger partial charge in [-0.2, -0.15) is 0 Å². The quantitative estimate of drug-likeness (QED) is 0.561. The standard InChI is InChI=1S/C20H18N4O2/c1-25-18-11-16-17(12-19(18)26-2)24-20(23-16)22-15-5-3-13(4-6-15)14-7-9-21-10-8-14/h3-12H,1-2H3,(H2,22,23,24). The summed E-state index contributed by atoms with van der Waals surface area (Å²) in [6.45, 7) is 0. The van der Waals surface area contributed by atoms with Crippen molar-refractivity contribution in [3.63, 3.8) is 0 Å². The number of rotatable bonds is 5. The maximum absolute atomic E-state index is 5.33.